The van der Waals surface area contributed by atoms with Crippen LogP contribution in [0.1, 0.15) is 16.8 Å². The summed E-state index contributed by atoms with van der Waals surface area (Å²) in [4.78, 5) is 11.7. The van der Waals surface area contributed by atoms with Crippen LogP contribution in [0.2, 0.25) is 0 Å². The standard InChI is InChI=1S/C13H17FN2O2/c14-12-4-2-1-3-11(12)13(17)16-6-5-10-9-18-8-7-15-10/h1-4,10,15H,5-9H2,(H,16,17). The normalized spacial score (nSPS) is 19.5. The molecule has 5 heteroatoms. The first-order chi connectivity index (χ1) is 8.77. The van der Waals surface area contributed by atoms with E-state index in [-0.39, 0.29) is 17.5 Å². The SMILES string of the molecule is O=C(NCCC1COCCN1)c1ccccc1F. The highest BCUT2D eigenvalue weighted by Gasteiger charge is 2.14. The van der Waals surface area contributed by atoms with Crippen LogP contribution in [0.15, 0.2) is 24.3 Å². The number of halogens is 1. The van der Waals surface area contributed by atoms with Crippen molar-refractivity contribution < 1.29 is 13.9 Å². The molecule has 1 aromatic carbocycles. The molecular weight excluding hydrogens is 235 g/mol. The van der Waals surface area contributed by atoms with Gasteiger partial charge in [-0.25, -0.2) is 4.39 Å². The smallest absolute Gasteiger partial charge is 0.254 e. The number of carbonyl (C=O) groups is 1. The quantitative estimate of drug-likeness (QED) is 0.838. The number of benzene rings is 1. The monoisotopic (exact) mass is 252 g/mol. The summed E-state index contributed by atoms with van der Waals surface area (Å²) in [6, 6.07) is 6.24. The molecule has 1 aliphatic heterocycles. The first-order valence-corrected chi connectivity index (χ1v) is 6.11. The van der Waals surface area contributed by atoms with E-state index in [1.165, 1.54) is 12.1 Å². The molecule has 1 saturated heterocycles. The molecule has 1 aromatic rings. The maximum Gasteiger partial charge on any atom is 0.254 e. The van der Waals surface area contributed by atoms with E-state index in [0.717, 1.165) is 19.6 Å². The predicted molar refractivity (Wildman–Crippen MR) is 66.0 cm³/mol. The maximum atomic E-state index is 13.3. The summed E-state index contributed by atoms with van der Waals surface area (Å²) in [5.74, 6) is -0.862. The first-order valence-electron chi connectivity index (χ1n) is 6.11. The van der Waals surface area contributed by atoms with E-state index in [9.17, 15) is 9.18 Å². The van der Waals surface area contributed by atoms with E-state index < -0.39 is 5.82 Å². The van der Waals surface area contributed by atoms with E-state index in [1.54, 1.807) is 12.1 Å². The lowest BCUT2D eigenvalue weighted by Gasteiger charge is -2.23. The Morgan fingerprint density at radius 3 is 3.06 bits per heavy atom. The maximum absolute atomic E-state index is 13.3. The van der Waals surface area contributed by atoms with Gasteiger partial charge >= 0.3 is 0 Å². The fraction of sp³-hybridized carbons (Fsp3) is 0.462. The van der Waals surface area contributed by atoms with Gasteiger partial charge in [0.25, 0.3) is 5.91 Å². The Balaban J connectivity index is 1.76. The van der Waals surface area contributed by atoms with Crippen molar-refractivity contribution in [3.05, 3.63) is 35.6 Å². The van der Waals surface area contributed by atoms with Gasteiger partial charge in [0.2, 0.25) is 0 Å². The number of hydrogen-bond donors (Lipinski definition) is 2. The summed E-state index contributed by atoms with van der Waals surface area (Å²) >= 11 is 0. The Kier molecular flexibility index (Phi) is 4.66. The molecule has 2 N–H and O–H groups in total. The number of carbonyl (C=O) groups excluding carboxylic acids is 1. The first kappa shape index (κ1) is 13.0. The molecule has 1 heterocycles. The van der Waals surface area contributed by atoms with E-state index >= 15 is 0 Å². The molecule has 1 unspecified atom stereocenters. The molecule has 0 aromatic heterocycles. The van der Waals surface area contributed by atoms with Crippen LogP contribution in [0, 0.1) is 5.82 Å². The lowest BCUT2D eigenvalue weighted by atomic mass is 10.1. The van der Waals surface area contributed by atoms with Crippen molar-refractivity contribution >= 4 is 5.91 Å². The lowest BCUT2D eigenvalue weighted by Crippen LogP contribution is -2.43. The molecule has 1 fully saturated rings. The Morgan fingerprint density at radius 2 is 2.33 bits per heavy atom. The molecule has 1 aliphatic rings. The summed E-state index contributed by atoms with van der Waals surface area (Å²) in [7, 11) is 0. The minimum absolute atomic E-state index is 0.0883. The summed E-state index contributed by atoms with van der Waals surface area (Å²) in [5.41, 5.74) is 0.0883. The Morgan fingerprint density at radius 1 is 1.50 bits per heavy atom. The predicted octanol–water partition coefficient (Wildman–Crippen LogP) is 0.934. The fourth-order valence-electron chi connectivity index (χ4n) is 1.91. The van der Waals surface area contributed by atoms with Gasteiger partial charge in [-0.3, -0.25) is 4.79 Å². The highest BCUT2D eigenvalue weighted by Crippen LogP contribution is 2.06. The highest BCUT2D eigenvalue weighted by molar-refractivity contribution is 5.94. The molecule has 18 heavy (non-hydrogen) atoms. The molecule has 98 valence electrons. The van der Waals surface area contributed by atoms with Crippen molar-refractivity contribution in [2.24, 2.45) is 0 Å². The van der Waals surface area contributed by atoms with Gasteiger partial charge < -0.3 is 15.4 Å². The number of amides is 1. The summed E-state index contributed by atoms with van der Waals surface area (Å²) in [5, 5.41) is 6.01. The van der Waals surface area contributed by atoms with Crippen LogP contribution in [0.3, 0.4) is 0 Å². The minimum atomic E-state index is -0.492. The van der Waals surface area contributed by atoms with Crippen LogP contribution < -0.4 is 10.6 Å². The van der Waals surface area contributed by atoms with E-state index in [4.69, 9.17) is 4.74 Å². The van der Waals surface area contributed by atoms with Gasteiger partial charge in [-0.2, -0.15) is 0 Å². The van der Waals surface area contributed by atoms with Crippen molar-refractivity contribution in [3.63, 3.8) is 0 Å². The fourth-order valence-corrected chi connectivity index (χ4v) is 1.91. The second-order valence-electron chi connectivity index (χ2n) is 4.25. The van der Waals surface area contributed by atoms with E-state index in [2.05, 4.69) is 10.6 Å². The average molecular weight is 252 g/mol. The van der Waals surface area contributed by atoms with Crippen LogP contribution >= 0.6 is 0 Å². The van der Waals surface area contributed by atoms with Gasteiger partial charge in [0.15, 0.2) is 0 Å². The van der Waals surface area contributed by atoms with Crippen LogP contribution in [0.25, 0.3) is 0 Å². The molecule has 0 aliphatic carbocycles. The molecule has 4 nitrogen and oxygen atoms in total. The second kappa shape index (κ2) is 6.47. The second-order valence-corrected chi connectivity index (χ2v) is 4.25. The average Bonchev–Trinajstić information content (AvgIpc) is 2.40. The third-order valence-corrected chi connectivity index (χ3v) is 2.90. The van der Waals surface area contributed by atoms with Crippen molar-refractivity contribution in [3.8, 4) is 0 Å². The van der Waals surface area contributed by atoms with Gasteiger partial charge in [0.1, 0.15) is 5.82 Å². The van der Waals surface area contributed by atoms with Crippen molar-refractivity contribution in [1.82, 2.24) is 10.6 Å². The number of nitrogens with one attached hydrogen (secondary N) is 2. The minimum Gasteiger partial charge on any atom is -0.379 e. The molecule has 0 radical (unpaired) electrons. The highest BCUT2D eigenvalue weighted by atomic mass is 19.1. The van der Waals surface area contributed by atoms with Crippen LogP contribution in [-0.4, -0.2) is 38.3 Å². The molecule has 2 rings (SSSR count). The molecule has 0 bridgehead atoms. The molecule has 1 amide bonds. The molecular formula is C13H17FN2O2. The summed E-state index contributed by atoms with van der Waals surface area (Å²) < 4.78 is 18.6. The van der Waals surface area contributed by atoms with Crippen LogP contribution in [0.4, 0.5) is 4.39 Å². The number of rotatable bonds is 4. The van der Waals surface area contributed by atoms with Gasteiger partial charge in [0, 0.05) is 19.1 Å². The molecule has 0 spiro atoms. The Labute approximate surface area is 106 Å². The summed E-state index contributed by atoms with van der Waals surface area (Å²) in [6.07, 6.45) is 0.778. The van der Waals surface area contributed by atoms with Gasteiger partial charge in [-0.05, 0) is 18.6 Å². The van der Waals surface area contributed by atoms with Gasteiger partial charge in [-0.1, -0.05) is 12.1 Å². The number of morpholine rings is 1. The Bertz CT molecular complexity index is 406. The third kappa shape index (κ3) is 3.51. The van der Waals surface area contributed by atoms with Gasteiger partial charge in [0.05, 0.1) is 18.8 Å². The molecule has 0 saturated carbocycles. The topological polar surface area (TPSA) is 50.4 Å². The third-order valence-electron chi connectivity index (χ3n) is 2.90. The van der Waals surface area contributed by atoms with E-state index in [1.807, 2.05) is 0 Å². The number of hydrogen-bond acceptors (Lipinski definition) is 3. The zero-order valence-corrected chi connectivity index (χ0v) is 10.1. The zero-order valence-electron chi connectivity index (χ0n) is 10.1. The van der Waals surface area contributed by atoms with Crippen LogP contribution in [-0.2, 0) is 4.74 Å². The molecule has 1 atom stereocenters. The van der Waals surface area contributed by atoms with Crippen molar-refractivity contribution in [2.75, 3.05) is 26.3 Å². The van der Waals surface area contributed by atoms with E-state index in [0.29, 0.717) is 13.2 Å². The van der Waals surface area contributed by atoms with Crippen LogP contribution in [0.5, 0.6) is 0 Å². The lowest BCUT2D eigenvalue weighted by molar-refractivity contribution is 0.0732. The zero-order chi connectivity index (χ0) is 12.8. The number of ether oxygens (including phenoxy) is 1. The summed E-state index contributed by atoms with van der Waals surface area (Å²) in [6.45, 7) is 2.74. The largest absolute Gasteiger partial charge is 0.379 e. The van der Waals surface area contributed by atoms with Crippen molar-refractivity contribution in [2.45, 2.75) is 12.5 Å². The van der Waals surface area contributed by atoms with Crippen molar-refractivity contribution in [1.29, 1.82) is 0 Å². The van der Waals surface area contributed by atoms with Gasteiger partial charge in [-0.15, -0.1) is 0 Å². The Hall–Kier alpha value is -1.46.